The van der Waals surface area contributed by atoms with Crippen LogP contribution in [-0.2, 0) is 13.6 Å². The van der Waals surface area contributed by atoms with Crippen molar-refractivity contribution in [3.05, 3.63) is 82.5 Å². The lowest BCUT2D eigenvalue weighted by Crippen LogP contribution is -2.26. The molecule has 0 saturated heterocycles. The van der Waals surface area contributed by atoms with Crippen molar-refractivity contribution in [1.29, 1.82) is 0 Å². The molecule has 2 aromatic carbocycles. The molecule has 2 aromatic heterocycles. The average Bonchev–Trinajstić information content (AvgIpc) is 3.19. The number of amides is 1. The maximum Gasteiger partial charge on any atom is 0.252 e. The molecule has 0 radical (unpaired) electrons. The third-order valence-electron chi connectivity index (χ3n) is 4.29. The van der Waals surface area contributed by atoms with Gasteiger partial charge in [0.15, 0.2) is 0 Å². The van der Waals surface area contributed by atoms with Gasteiger partial charge in [-0.05, 0) is 18.2 Å². The summed E-state index contributed by atoms with van der Waals surface area (Å²) in [6, 6.07) is 18.0. The van der Waals surface area contributed by atoms with Crippen LogP contribution < -0.4 is 10.9 Å². The van der Waals surface area contributed by atoms with Crippen LogP contribution in [0.5, 0.6) is 0 Å². The number of hydrogen-bond acceptors (Lipinski definition) is 5. The summed E-state index contributed by atoms with van der Waals surface area (Å²) in [5, 5.41) is 11.4. The second-order valence-electron chi connectivity index (χ2n) is 6.02. The first kappa shape index (κ1) is 16.7. The molecule has 7 nitrogen and oxygen atoms in total. The van der Waals surface area contributed by atoms with Gasteiger partial charge in [-0.15, -0.1) is 10.2 Å². The van der Waals surface area contributed by atoms with Crippen LogP contribution in [0.3, 0.4) is 0 Å². The SMILES string of the molecule is Cn1c(=O)cc(C(=O)NCc2nnc(-c3ccccc3)o2)c2ccccc21. The van der Waals surface area contributed by atoms with Gasteiger partial charge in [0.1, 0.15) is 0 Å². The highest BCUT2D eigenvalue weighted by atomic mass is 16.4. The van der Waals surface area contributed by atoms with Gasteiger partial charge >= 0.3 is 0 Å². The predicted octanol–water partition coefficient (Wildman–Crippen LogP) is 2.52. The molecular weight excluding hydrogens is 344 g/mol. The molecule has 2 heterocycles. The quantitative estimate of drug-likeness (QED) is 0.604. The second kappa shape index (κ2) is 6.87. The fraction of sp³-hybridized carbons (Fsp3) is 0.100. The first-order valence-electron chi connectivity index (χ1n) is 8.38. The van der Waals surface area contributed by atoms with E-state index < -0.39 is 0 Å². The molecule has 0 fully saturated rings. The number of nitrogens with one attached hydrogen (secondary N) is 1. The zero-order chi connectivity index (χ0) is 18.8. The monoisotopic (exact) mass is 360 g/mol. The zero-order valence-electron chi connectivity index (χ0n) is 14.5. The Labute approximate surface area is 154 Å². The summed E-state index contributed by atoms with van der Waals surface area (Å²) in [4.78, 5) is 24.8. The van der Waals surface area contributed by atoms with E-state index in [-0.39, 0.29) is 23.9 Å². The van der Waals surface area contributed by atoms with Gasteiger partial charge in [0, 0.05) is 24.1 Å². The van der Waals surface area contributed by atoms with E-state index in [2.05, 4.69) is 15.5 Å². The average molecular weight is 360 g/mol. The summed E-state index contributed by atoms with van der Waals surface area (Å²) < 4.78 is 7.09. The Kier molecular flexibility index (Phi) is 4.25. The maximum atomic E-state index is 12.6. The summed E-state index contributed by atoms with van der Waals surface area (Å²) in [5.74, 6) is 0.303. The van der Waals surface area contributed by atoms with E-state index in [0.717, 1.165) is 5.56 Å². The molecule has 0 aliphatic rings. The van der Waals surface area contributed by atoms with Gasteiger partial charge in [-0.2, -0.15) is 0 Å². The maximum absolute atomic E-state index is 12.6. The van der Waals surface area contributed by atoms with Gasteiger partial charge in [0.05, 0.1) is 17.6 Å². The normalized spacial score (nSPS) is 10.9. The third-order valence-corrected chi connectivity index (χ3v) is 4.29. The van der Waals surface area contributed by atoms with Gasteiger partial charge in [-0.25, -0.2) is 0 Å². The van der Waals surface area contributed by atoms with Gasteiger partial charge in [0.25, 0.3) is 11.5 Å². The first-order chi connectivity index (χ1) is 13.1. The highest BCUT2D eigenvalue weighted by Gasteiger charge is 2.15. The lowest BCUT2D eigenvalue weighted by Gasteiger charge is -2.09. The number of aromatic nitrogens is 3. The minimum absolute atomic E-state index is 0.0716. The summed E-state index contributed by atoms with van der Waals surface area (Å²) >= 11 is 0. The largest absolute Gasteiger partial charge is 0.419 e. The van der Waals surface area contributed by atoms with E-state index in [0.29, 0.717) is 22.4 Å². The van der Waals surface area contributed by atoms with Crippen molar-refractivity contribution < 1.29 is 9.21 Å². The van der Waals surface area contributed by atoms with E-state index in [1.807, 2.05) is 48.5 Å². The van der Waals surface area contributed by atoms with Crippen molar-refractivity contribution in [1.82, 2.24) is 20.1 Å². The van der Waals surface area contributed by atoms with Crippen molar-refractivity contribution in [3.8, 4) is 11.5 Å². The number of rotatable bonds is 4. The van der Waals surface area contributed by atoms with E-state index >= 15 is 0 Å². The molecule has 0 spiro atoms. The molecule has 1 amide bonds. The number of para-hydroxylation sites is 1. The van der Waals surface area contributed by atoms with Gasteiger partial charge in [0.2, 0.25) is 11.8 Å². The van der Waals surface area contributed by atoms with Crippen molar-refractivity contribution >= 4 is 16.8 Å². The molecule has 0 saturated carbocycles. The van der Waals surface area contributed by atoms with Crippen LogP contribution in [-0.4, -0.2) is 20.7 Å². The molecule has 134 valence electrons. The predicted molar refractivity (Wildman–Crippen MR) is 100 cm³/mol. The van der Waals surface area contributed by atoms with E-state index in [9.17, 15) is 9.59 Å². The van der Waals surface area contributed by atoms with Crippen molar-refractivity contribution in [2.75, 3.05) is 0 Å². The number of carbonyl (C=O) groups excluding carboxylic acids is 1. The molecule has 7 heteroatoms. The fourth-order valence-corrected chi connectivity index (χ4v) is 2.87. The van der Waals surface area contributed by atoms with Crippen LogP contribution in [0.15, 0.2) is 69.9 Å². The molecule has 4 aromatic rings. The van der Waals surface area contributed by atoms with Crippen molar-refractivity contribution in [2.24, 2.45) is 7.05 Å². The summed E-state index contributed by atoms with van der Waals surface area (Å²) in [7, 11) is 1.68. The number of benzene rings is 2. The summed E-state index contributed by atoms with van der Waals surface area (Å²) in [6.45, 7) is 0.0716. The summed E-state index contributed by atoms with van der Waals surface area (Å²) in [5.41, 5.74) is 1.57. The highest BCUT2D eigenvalue weighted by molar-refractivity contribution is 6.06. The lowest BCUT2D eigenvalue weighted by atomic mass is 10.1. The van der Waals surface area contributed by atoms with Crippen LogP contribution in [0.4, 0.5) is 0 Å². The number of carbonyl (C=O) groups is 1. The molecule has 1 N–H and O–H groups in total. The molecule has 0 atom stereocenters. The van der Waals surface area contributed by atoms with Crippen LogP contribution in [0.25, 0.3) is 22.4 Å². The van der Waals surface area contributed by atoms with Crippen LogP contribution >= 0.6 is 0 Å². The highest BCUT2D eigenvalue weighted by Crippen LogP contribution is 2.18. The Bertz CT molecular complexity index is 1180. The molecule has 27 heavy (non-hydrogen) atoms. The Morgan fingerprint density at radius 3 is 2.63 bits per heavy atom. The zero-order valence-corrected chi connectivity index (χ0v) is 14.5. The Morgan fingerprint density at radius 1 is 1.07 bits per heavy atom. The van der Waals surface area contributed by atoms with Gasteiger partial charge in [-0.1, -0.05) is 36.4 Å². The fourth-order valence-electron chi connectivity index (χ4n) is 2.87. The third kappa shape index (κ3) is 3.22. The van der Waals surface area contributed by atoms with Crippen molar-refractivity contribution in [3.63, 3.8) is 0 Å². The smallest absolute Gasteiger partial charge is 0.252 e. The molecular formula is C20H16N4O3. The van der Waals surface area contributed by atoms with E-state index in [4.69, 9.17) is 4.42 Å². The standard InChI is InChI=1S/C20H16N4O3/c1-24-16-10-6-5-9-14(16)15(11-18(24)25)19(26)21-12-17-22-23-20(27-17)13-7-3-2-4-8-13/h2-11H,12H2,1H3,(H,21,26). The summed E-state index contributed by atoms with van der Waals surface area (Å²) in [6.07, 6.45) is 0. The second-order valence-corrected chi connectivity index (χ2v) is 6.02. The Balaban J connectivity index is 1.56. The van der Waals surface area contributed by atoms with Gasteiger partial charge < -0.3 is 14.3 Å². The minimum atomic E-state index is -0.372. The molecule has 0 bridgehead atoms. The first-order valence-corrected chi connectivity index (χ1v) is 8.38. The van der Waals surface area contributed by atoms with Crippen molar-refractivity contribution in [2.45, 2.75) is 6.54 Å². The minimum Gasteiger partial charge on any atom is -0.419 e. The number of nitrogens with zero attached hydrogens (tertiary/aromatic N) is 3. The van der Waals surface area contributed by atoms with Crippen LogP contribution in [0.1, 0.15) is 16.2 Å². The van der Waals surface area contributed by atoms with E-state index in [1.165, 1.54) is 10.6 Å². The van der Waals surface area contributed by atoms with E-state index in [1.54, 1.807) is 13.1 Å². The molecule has 4 rings (SSSR count). The molecule has 0 aliphatic heterocycles. The van der Waals surface area contributed by atoms with Crippen LogP contribution in [0.2, 0.25) is 0 Å². The molecule has 0 unspecified atom stereocenters. The number of hydrogen-bond donors (Lipinski definition) is 1. The Morgan fingerprint density at radius 2 is 1.81 bits per heavy atom. The van der Waals surface area contributed by atoms with Crippen LogP contribution in [0, 0.1) is 0 Å². The lowest BCUT2D eigenvalue weighted by molar-refractivity contribution is 0.0949. The number of fused-ring (bicyclic) bond motifs is 1. The Hall–Kier alpha value is -3.74. The number of aryl methyl sites for hydroxylation is 1. The number of pyridine rings is 1. The topological polar surface area (TPSA) is 90.0 Å². The molecule has 0 aliphatic carbocycles. The van der Waals surface area contributed by atoms with Gasteiger partial charge in [-0.3, -0.25) is 9.59 Å².